The van der Waals surface area contributed by atoms with Crippen LogP contribution in [0.2, 0.25) is 0 Å². The van der Waals surface area contributed by atoms with Crippen LogP contribution in [0.5, 0.6) is 5.75 Å². The van der Waals surface area contributed by atoms with Gasteiger partial charge < -0.3 is 14.5 Å². The molecule has 1 fully saturated rings. The molecule has 0 spiro atoms. The normalized spacial score (nSPS) is 13.8. The Morgan fingerprint density at radius 1 is 0.939 bits per heavy atom. The number of hydrogen-bond acceptors (Lipinski definition) is 5. The van der Waals surface area contributed by atoms with Crippen molar-refractivity contribution in [3.8, 4) is 17.0 Å². The third kappa shape index (κ3) is 5.25. The lowest BCUT2D eigenvalue weighted by Crippen LogP contribution is -2.49. The highest BCUT2D eigenvalue weighted by Crippen LogP contribution is 2.21. The molecule has 0 saturated carbocycles. The van der Waals surface area contributed by atoms with Gasteiger partial charge in [0.25, 0.3) is 5.56 Å². The topological polar surface area (TPSA) is 67.7 Å². The van der Waals surface area contributed by atoms with Gasteiger partial charge in [-0.25, -0.2) is 4.68 Å². The van der Waals surface area contributed by atoms with Crippen LogP contribution in [0.4, 0.5) is 5.69 Å². The molecule has 0 unspecified atom stereocenters. The van der Waals surface area contributed by atoms with Crippen molar-refractivity contribution in [2.24, 2.45) is 0 Å². The van der Waals surface area contributed by atoms with Crippen LogP contribution in [-0.4, -0.2) is 53.9 Å². The number of piperazine rings is 1. The molecule has 0 radical (unpaired) electrons. The molecule has 0 aliphatic carbocycles. The van der Waals surface area contributed by atoms with Gasteiger partial charge in [0.15, 0.2) is 0 Å². The molecule has 7 nitrogen and oxygen atoms in total. The van der Waals surface area contributed by atoms with Crippen molar-refractivity contribution in [2.45, 2.75) is 26.8 Å². The highest BCUT2D eigenvalue weighted by atomic mass is 16.5. The summed E-state index contributed by atoms with van der Waals surface area (Å²) in [5, 5.41) is 4.51. The van der Waals surface area contributed by atoms with Gasteiger partial charge in [-0.2, -0.15) is 5.10 Å². The van der Waals surface area contributed by atoms with Gasteiger partial charge in [-0.15, -0.1) is 0 Å². The quantitative estimate of drug-likeness (QED) is 0.581. The highest BCUT2D eigenvalue weighted by molar-refractivity contribution is 5.76. The predicted molar refractivity (Wildman–Crippen MR) is 130 cm³/mol. The summed E-state index contributed by atoms with van der Waals surface area (Å²) in [7, 11) is 1.66. The fourth-order valence-corrected chi connectivity index (χ4v) is 4.03. The lowest BCUT2D eigenvalue weighted by atomic mass is 10.0. The van der Waals surface area contributed by atoms with E-state index >= 15 is 0 Å². The van der Waals surface area contributed by atoms with Gasteiger partial charge in [-0.1, -0.05) is 12.1 Å². The Kier molecular flexibility index (Phi) is 6.77. The zero-order chi connectivity index (χ0) is 23.4. The summed E-state index contributed by atoms with van der Waals surface area (Å²) in [5.74, 6) is 0.882. The van der Waals surface area contributed by atoms with Crippen LogP contribution in [0.25, 0.3) is 11.3 Å². The van der Waals surface area contributed by atoms with E-state index in [0.29, 0.717) is 13.1 Å². The average molecular weight is 447 g/mol. The molecule has 0 N–H and O–H groups in total. The average Bonchev–Trinajstić information content (AvgIpc) is 2.85. The first-order valence-corrected chi connectivity index (χ1v) is 11.3. The molecule has 4 rings (SSSR count). The van der Waals surface area contributed by atoms with Crippen LogP contribution >= 0.6 is 0 Å². The van der Waals surface area contributed by atoms with Crippen molar-refractivity contribution in [1.82, 2.24) is 14.7 Å². The molecule has 1 aromatic heterocycles. The minimum Gasteiger partial charge on any atom is -0.497 e. The molecule has 3 aromatic rings. The predicted octanol–water partition coefficient (Wildman–Crippen LogP) is 3.27. The number of aryl methyl sites for hydroxylation is 3. The van der Waals surface area contributed by atoms with Crippen molar-refractivity contribution in [3.05, 3.63) is 76.1 Å². The van der Waals surface area contributed by atoms with Crippen LogP contribution in [0, 0.1) is 13.8 Å². The highest BCUT2D eigenvalue weighted by Gasteiger charge is 2.21. The number of rotatable bonds is 6. The Balaban J connectivity index is 1.35. The summed E-state index contributed by atoms with van der Waals surface area (Å²) in [6.07, 6.45) is 0.256. The lowest BCUT2D eigenvalue weighted by Gasteiger charge is -2.36. The van der Waals surface area contributed by atoms with E-state index in [1.165, 1.54) is 21.9 Å². The number of benzene rings is 2. The van der Waals surface area contributed by atoms with E-state index in [9.17, 15) is 9.59 Å². The second kappa shape index (κ2) is 9.90. The van der Waals surface area contributed by atoms with Crippen molar-refractivity contribution in [1.29, 1.82) is 0 Å². The van der Waals surface area contributed by atoms with E-state index in [2.05, 4.69) is 36.0 Å². The van der Waals surface area contributed by atoms with E-state index in [1.54, 1.807) is 13.2 Å². The second-order valence-corrected chi connectivity index (χ2v) is 8.39. The van der Waals surface area contributed by atoms with Gasteiger partial charge in [-0.05, 0) is 61.4 Å². The van der Waals surface area contributed by atoms with Gasteiger partial charge in [0, 0.05) is 49.9 Å². The second-order valence-electron chi connectivity index (χ2n) is 8.39. The molecular weight excluding hydrogens is 416 g/mol. The first-order chi connectivity index (χ1) is 15.9. The molecule has 0 atom stereocenters. The Morgan fingerprint density at radius 2 is 1.67 bits per heavy atom. The number of ether oxygens (including phenoxy) is 1. The number of aromatic nitrogens is 2. The maximum atomic E-state index is 12.8. The summed E-state index contributed by atoms with van der Waals surface area (Å²) in [5.41, 5.74) is 5.02. The first-order valence-electron chi connectivity index (χ1n) is 11.3. The third-order valence-corrected chi connectivity index (χ3v) is 6.28. The summed E-state index contributed by atoms with van der Waals surface area (Å²) >= 11 is 0. The summed E-state index contributed by atoms with van der Waals surface area (Å²) in [6.45, 7) is 7.27. The largest absolute Gasteiger partial charge is 0.497 e. The molecule has 2 aromatic carbocycles. The monoisotopic (exact) mass is 446 g/mol. The molecule has 1 saturated heterocycles. The molecule has 33 heavy (non-hydrogen) atoms. The van der Waals surface area contributed by atoms with Crippen molar-refractivity contribution in [3.63, 3.8) is 0 Å². The molecule has 172 valence electrons. The fourth-order valence-electron chi connectivity index (χ4n) is 4.03. The molecule has 7 heteroatoms. The zero-order valence-electron chi connectivity index (χ0n) is 19.5. The van der Waals surface area contributed by atoms with E-state index < -0.39 is 0 Å². The van der Waals surface area contributed by atoms with Crippen molar-refractivity contribution >= 4 is 11.6 Å². The Bertz CT molecular complexity index is 1180. The Morgan fingerprint density at radius 3 is 2.33 bits per heavy atom. The van der Waals surface area contributed by atoms with Crippen LogP contribution < -0.4 is 15.2 Å². The Hall–Kier alpha value is -3.61. The summed E-state index contributed by atoms with van der Waals surface area (Å²) in [4.78, 5) is 29.3. The van der Waals surface area contributed by atoms with Gasteiger partial charge in [0.1, 0.15) is 5.75 Å². The maximum absolute atomic E-state index is 12.8. The molecule has 2 heterocycles. The summed E-state index contributed by atoms with van der Waals surface area (Å²) < 4.78 is 6.62. The van der Waals surface area contributed by atoms with Crippen LogP contribution in [-0.2, 0) is 11.3 Å². The van der Waals surface area contributed by atoms with Crippen LogP contribution in [0.15, 0.2) is 59.4 Å². The maximum Gasteiger partial charge on any atom is 0.266 e. The van der Waals surface area contributed by atoms with Crippen molar-refractivity contribution in [2.75, 3.05) is 38.2 Å². The lowest BCUT2D eigenvalue weighted by molar-refractivity contribution is -0.131. The molecule has 1 aliphatic heterocycles. The third-order valence-electron chi connectivity index (χ3n) is 6.28. The van der Waals surface area contributed by atoms with Crippen molar-refractivity contribution < 1.29 is 9.53 Å². The molecule has 1 amide bonds. The van der Waals surface area contributed by atoms with Gasteiger partial charge in [0.2, 0.25) is 5.91 Å². The van der Waals surface area contributed by atoms with E-state index in [1.807, 2.05) is 35.2 Å². The zero-order valence-corrected chi connectivity index (χ0v) is 19.5. The molecule has 0 bridgehead atoms. The number of hydrogen-bond donors (Lipinski definition) is 0. The number of amides is 1. The van der Waals surface area contributed by atoms with Gasteiger partial charge in [0.05, 0.1) is 19.3 Å². The fraction of sp³-hybridized carbons (Fsp3) is 0.346. The number of anilines is 1. The van der Waals surface area contributed by atoms with Crippen LogP contribution in [0.1, 0.15) is 17.5 Å². The number of carbonyl (C=O) groups excluding carboxylic acids is 1. The number of carbonyl (C=O) groups is 1. The van der Waals surface area contributed by atoms with Crippen LogP contribution in [0.3, 0.4) is 0 Å². The SMILES string of the molecule is COc1ccc(N2CCN(C(=O)CCn3nc(-c4ccc(C)c(C)c4)ccc3=O)CC2)cc1. The standard InChI is InChI=1S/C26H30N4O3/c1-19-4-5-21(18-20(19)2)24-10-11-26(32)30(27-24)13-12-25(31)29-16-14-28(15-17-29)22-6-8-23(33-3)9-7-22/h4-11,18H,12-17H2,1-3H3. The smallest absolute Gasteiger partial charge is 0.266 e. The number of methoxy groups -OCH3 is 1. The summed E-state index contributed by atoms with van der Waals surface area (Å²) in [6, 6.07) is 17.4. The van der Waals surface area contributed by atoms with E-state index in [4.69, 9.17) is 4.74 Å². The van der Waals surface area contributed by atoms with Gasteiger partial charge in [-0.3, -0.25) is 9.59 Å². The minimum atomic E-state index is -0.195. The number of nitrogens with zero attached hydrogens (tertiary/aromatic N) is 4. The molecule has 1 aliphatic rings. The molecular formula is C26H30N4O3. The first kappa shape index (κ1) is 22.6. The van der Waals surface area contributed by atoms with E-state index in [0.717, 1.165) is 35.8 Å². The Labute approximate surface area is 194 Å². The van der Waals surface area contributed by atoms with Gasteiger partial charge >= 0.3 is 0 Å². The van der Waals surface area contributed by atoms with E-state index in [-0.39, 0.29) is 24.4 Å². The minimum absolute atomic E-state index is 0.0506.